The van der Waals surface area contributed by atoms with Crippen LogP contribution >= 0.6 is 0 Å². The standard InChI is InChI=1S/C37H55N7O7/c1-24(2)21-29(32(46)41-28(15-9-10-18-38)35(49)44-19-16-37(40,17-20-44)36(50)51)42-33(47)30(22-25-11-5-3-6-12-25)43-34(48)31(45)27(23-39)26-13-7-4-8-14-26/h3-8,11-14,24,27-31,45H,9-10,15-23,38-40H2,1-2H3,(H,41,46)(H,42,47)(H,43,48)(H,50,51)/t27?,28-,29-,30-,31-/m1/s1. The van der Waals surface area contributed by atoms with Gasteiger partial charge in [-0.3, -0.25) is 24.0 Å². The molecule has 1 aliphatic heterocycles. The molecule has 0 spiro atoms. The van der Waals surface area contributed by atoms with Crippen LogP contribution in [0.3, 0.4) is 0 Å². The third kappa shape index (κ3) is 12.1. The number of likely N-dealkylation sites (tertiary alicyclic amines) is 1. The summed E-state index contributed by atoms with van der Waals surface area (Å²) >= 11 is 0. The molecule has 1 saturated heterocycles. The fourth-order valence-corrected chi connectivity index (χ4v) is 6.20. The summed E-state index contributed by atoms with van der Waals surface area (Å²) in [6, 6.07) is 14.8. The summed E-state index contributed by atoms with van der Waals surface area (Å²) < 4.78 is 0. The highest BCUT2D eigenvalue weighted by Crippen LogP contribution is 2.22. The summed E-state index contributed by atoms with van der Waals surface area (Å²) in [6.07, 6.45) is 0.381. The van der Waals surface area contributed by atoms with Crippen molar-refractivity contribution < 1.29 is 34.2 Å². The molecule has 51 heavy (non-hydrogen) atoms. The van der Waals surface area contributed by atoms with Crippen LogP contribution in [0.4, 0.5) is 0 Å². The lowest BCUT2D eigenvalue weighted by molar-refractivity contribution is -0.148. The Morgan fingerprint density at radius 2 is 1.35 bits per heavy atom. The Bertz CT molecular complexity index is 1440. The molecule has 1 aliphatic rings. The molecule has 3 rings (SSSR count). The van der Waals surface area contributed by atoms with Gasteiger partial charge in [0.05, 0.1) is 0 Å². The highest BCUT2D eigenvalue weighted by Gasteiger charge is 2.40. The van der Waals surface area contributed by atoms with E-state index < -0.39 is 59.4 Å². The lowest BCUT2D eigenvalue weighted by atomic mass is 9.88. The number of carboxylic acids is 1. The number of amides is 4. The van der Waals surface area contributed by atoms with E-state index >= 15 is 0 Å². The average Bonchev–Trinajstić information content (AvgIpc) is 3.11. The number of rotatable bonds is 19. The Labute approximate surface area is 299 Å². The van der Waals surface area contributed by atoms with Crippen molar-refractivity contribution in [1.82, 2.24) is 20.9 Å². The quantitative estimate of drug-likeness (QED) is 0.0932. The van der Waals surface area contributed by atoms with Crippen molar-refractivity contribution in [3.05, 3.63) is 71.8 Å². The fourth-order valence-electron chi connectivity index (χ4n) is 6.20. The maximum absolute atomic E-state index is 13.9. The van der Waals surface area contributed by atoms with E-state index in [4.69, 9.17) is 17.2 Å². The first-order chi connectivity index (χ1) is 24.3. The van der Waals surface area contributed by atoms with E-state index in [9.17, 15) is 34.2 Å². The minimum absolute atomic E-state index is 0.0139. The van der Waals surface area contributed by atoms with Crippen LogP contribution in [-0.4, -0.2) is 101 Å². The highest BCUT2D eigenvalue weighted by molar-refractivity contribution is 5.95. The van der Waals surface area contributed by atoms with Crippen LogP contribution in [0.5, 0.6) is 0 Å². The van der Waals surface area contributed by atoms with Crippen molar-refractivity contribution in [2.45, 2.75) is 94.5 Å². The number of benzene rings is 2. The van der Waals surface area contributed by atoms with Crippen molar-refractivity contribution in [3.8, 4) is 0 Å². The number of unbranched alkanes of at least 4 members (excludes halogenated alkanes) is 1. The molecule has 0 bridgehead atoms. The first kappa shape index (κ1) is 41.1. The number of aliphatic carboxylic acids is 1. The number of aliphatic hydroxyl groups is 1. The molecule has 14 heteroatoms. The molecule has 0 radical (unpaired) electrons. The van der Waals surface area contributed by atoms with Gasteiger partial charge >= 0.3 is 5.97 Å². The zero-order chi connectivity index (χ0) is 37.6. The van der Waals surface area contributed by atoms with Gasteiger partial charge in [0.1, 0.15) is 29.8 Å². The number of hydrogen-bond acceptors (Lipinski definition) is 9. The third-order valence-electron chi connectivity index (χ3n) is 9.34. The van der Waals surface area contributed by atoms with Crippen LogP contribution < -0.4 is 33.2 Å². The predicted octanol–water partition coefficient (Wildman–Crippen LogP) is 0.367. The van der Waals surface area contributed by atoms with Gasteiger partial charge in [0, 0.05) is 32.0 Å². The van der Waals surface area contributed by atoms with Crippen molar-refractivity contribution in [2.75, 3.05) is 26.2 Å². The van der Waals surface area contributed by atoms with Crippen LogP contribution in [-0.2, 0) is 30.4 Å². The summed E-state index contributed by atoms with van der Waals surface area (Å²) in [6.45, 7) is 4.42. The average molecular weight is 710 g/mol. The van der Waals surface area contributed by atoms with Crippen LogP contribution in [0.15, 0.2) is 60.7 Å². The summed E-state index contributed by atoms with van der Waals surface area (Å²) in [5, 5.41) is 28.9. The molecule has 2 aromatic rings. The SMILES string of the molecule is CC(C)C[C@@H](NC(=O)[C@@H](Cc1ccccc1)NC(=O)[C@H](O)C(CN)c1ccccc1)C(=O)N[C@H](CCCCN)C(=O)N1CCC(N)(C(=O)O)CC1. The molecule has 0 aromatic heterocycles. The van der Waals surface area contributed by atoms with Crippen molar-refractivity contribution in [1.29, 1.82) is 0 Å². The molecule has 0 saturated carbocycles. The van der Waals surface area contributed by atoms with E-state index in [0.717, 1.165) is 5.56 Å². The maximum atomic E-state index is 13.9. The third-order valence-corrected chi connectivity index (χ3v) is 9.34. The minimum Gasteiger partial charge on any atom is -0.480 e. The van der Waals surface area contributed by atoms with E-state index in [1.54, 1.807) is 48.5 Å². The van der Waals surface area contributed by atoms with Crippen molar-refractivity contribution in [2.24, 2.45) is 23.1 Å². The Morgan fingerprint density at radius 1 is 0.804 bits per heavy atom. The number of carbonyl (C=O) groups is 5. The molecule has 1 heterocycles. The molecule has 11 N–H and O–H groups in total. The summed E-state index contributed by atoms with van der Waals surface area (Å²) in [4.78, 5) is 68.1. The predicted molar refractivity (Wildman–Crippen MR) is 193 cm³/mol. The Kier molecular flexibility index (Phi) is 16.0. The molecule has 1 unspecified atom stereocenters. The molecule has 5 atom stereocenters. The van der Waals surface area contributed by atoms with Crippen LogP contribution in [0.2, 0.25) is 0 Å². The monoisotopic (exact) mass is 709 g/mol. The van der Waals surface area contributed by atoms with Gasteiger partial charge in [-0.1, -0.05) is 74.5 Å². The molecule has 2 aromatic carbocycles. The second-order valence-electron chi connectivity index (χ2n) is 13.8. The highest BCUT2D eigenvalue weighted by atomic mass is 16.4. The molecule has 14 nitrogen and oxygen atoms in total. The number of nitrogens with two attached hydrogens (primary N) is 3. The van der Waals surface area contributed by atoms with Crippen LogP contribution in [0, 0.1) is 5.92 Å². The minimum atomic E-state index is -1.55. The van der Waals surface area contributed by atoms with Gasteiger partial charge in [-0.25, -0.2) is 0 Å². The smallest absolute Gasteiger partial charge is 0.323 e. The fraction of sp³-hybridized carbons (Fsp3) is 0.541. The largest absolute Gasteiger partial charge is 0.480 e. The van der Waals surface area contributed by atoms with Gasteiger partial charge in [-0.2, -0.15) is 0 Å². The Balaban J connectivity index is 1.80. The van der Waals surface area contributed by atoms with E-state index in [0.29, 0.717) is 31.4 Å². The number of aliphatic hydroxyl groups excluding tert-OH is 1. The molecule has 0 aliphatic carbocycles. The number of hydrogen-bond donors (Lipinski definition) is 8. The number of carbonyl (C=O) groups excluding carboxylic acids is 4. The lowest BCUT2D eigenvalue weighted by Gasteiger charge is -2.38. The zero-order valence-electron chi connectivity index (χ0n) is 29.6. The van der Waals surface area contributed by atoms with E-state index in [-0.39, 0.29) is 57.1 Å². The molecule has 280 valence electrons. The van der Waals surface area contributed by atoms with Gasteiger partial charge in [-0.15, -0.1) is 0 Å². The first-order valence-corrected chi connectivity index (χ1v) is 17.7. The number of nitrogens with zero attached hydrogens (tertiary/aromatic N) is 1. The van der Waals surface area contributed by atoms with Gasteiger partial charge in [0.2, 0.25) is 23.6 Å². The second-order valence-corrected chi connectivity index (χ2v) is 13.8. The Morgan fingerprint density at radius 3 is 1.90 bits per heavy atom. The molecular weight excluding hydrogens is 654 g/mol. The van der Waals surface area contributed by atoms with Crippen molar-refractivity contribution >= 4 is 29.6 Å². The van der Waals surface area contributed by atoms with E-state index in [1.165, 1.54) is 4.90 Å². The second kappa shape index (κ2) is 19.9. The summed E-state index contributed by atoms with van der Waals surface area (Å²) in [5.74, 6) is -4.24. The van der Waals surface area contributed by atoms with Crippen LogP contribution in [0.1, 0.15) is 69.4 Å². The maximum Gasteiger partial charge on any atom is 0.323 e. The van der Waals surface area contributed by atoms with Gasteiger partial charge < -0.3 is 48.3 Å². The summed E-state index contributed by atoms with van der Waals surface area (Å²) in [7, 11) is 0. The summed E-state index contributed by atoms with van der Waals surface area (Å²) in [5.41, 5.74) is 17.6. The lowest BCUT2D eigenvalue weighted by Crippen LogP contribution is -2.60. The van der Waals surface area contributed by atoms with Gasteiger partial charge in [0.25, 0.3) is 0 Å². The number of nitrogens with one attached hydrogen (secondary N) is 3. The zero-order valence-corrected chi connectivity index (χ0v) is 29.6. The van der Waals surface area contributed by atoms with Crippen molar-refractivity contribution in [3.63, 3.8) is 0 Å². The van der Waals surface area contributed by atoms with Crippen LogP contribution in [0.25, 0.3) is 0 Å². The van der Waals surface area contributed by atoms with Gasteiger partial charge in [0.15, 0.2) is 0 Å². The normalized spacial score (nSPS) is 17.0. The molecule has 1 fully saturated rings. The molecule has 4 amide bonds. The van der Waals surface area contributed by atoms with E-state index in [2.05, 4.69) is 16.0 Å². The first-order valence-electron chi connectivity index (χ1n) is 17.7. The van der Waals surface area contributed by atoms with E-state index in [1.807, 2.05) is 26.0 Å². The topological polar surface area (TPSA) is 243 Å². The number of piperidine rings is 1. The number of carboxylic acid groups (broad SMARTS) is 1. The Hall–Kier alpha value is -4.37. The molecular formula is C37H55N7O7. The van der Waals surface area contributed by atoms with Gasteiger partial charge in [-0.05, 0) is 62.1 Å².